The molecule has 0 amide bonds. The number of halogens is 3. The molecule has 0 N–H and O–H groups in total. The first kappa shape index (κ1) is 12.3. The molecule has 2 heterocycles. The summed E-state index contributed by atoms with van der Waals surface area (Å²) in [5, 5.41) is 8.65. The first-order valence-corrected chi connectivity index (χ1v) is 6.19. The molecule has 7 heteroatoms. The molecule has 0 aliphatic rings. The van der Waals surface area contributed by atoms with Crippen molar-refractivity contribution in [1.29, 1.82) is 0 Å². The third kappa shape index (κ3) is 2.15. The molecular weight excluding hydrogens is 290 g/mol. The van der Waals surface area contributed by atoms with Gasteiger partial charge in [0.1, 0.15) is 16.8 Å². The summed E-state index contributed by atoms with van der Waals surface area (Å²) in [4.78, 5) is 3.91. The van der Waals surface area contributed by atoms with Gasteiger partial charge in [-0.1, -0.05) is 29.3 Å². The monoisotopic (exact) mass is 296 g/mol. The third-order valence-corrected chi connectivity index (χ3v) is 3.36. The Bertz CT molecular complexity index is 736. The van der Waals surface area contributed by atoms with E-state index in [4.69, 9.17) is 23.2 Å². The Morgan fingerprint density at radius 3 is 2.79 bits per heavy atom. The maximum atomic E-state index is 13.8. The van der Waals surface area contributed by atoms with Crippen molar-refractivity contribution < 1.29 is 4.39 Å². The van der Waals surface area contributed by atoms with Gasteiger partial charge >= 0.3 is 0 Å². The molecule has 0 saturated carbocycles. The van der Waals surface area contributed by atoms with Gasteiger partial charge in [-0.05, 0) is 12.1 Å². The van der Waals surface area contributed by atoms with Crippen LogP contribution in [0.15, 0.2) is 30.6 Å². The molecule has 19 heavy (non-hydrogen) atoms. The summed E-state index contributed by atoms with van der Waals surface area (Å²) in [5.74, 6) is 0.129. The second-order valence-corrected chi connectivity index (χ2v) is 4.71. The molecule has 3 aromatic rings. The molecule has 0 saturated heterocycles. The van der Waals surface area contributed by atoms with Crippen LogP contribution in [-0.2, 0) is 6.42 Å². The lowest BCUT2D eigenvalue weighted by atomic mass is 10.1. The molecule has 96 valence electrons. The highest BCUT2D eigenvalue weighted by Gasteiger charge is 2.14. The average Bonchev–Trinajstić information content (AvgIpc) is 2.79. The number of hydrogen-bond acceptors (Lipinski definition) is 3. The molecule has 0 bridgehead atoms. The normalized spacial score (nSPS) is 11.1. The molecule has 0 aliphatic carbocycles. The Morgan fingerprint density at radius 1 is 1.16 bits per heavy atom. The summed E-state index contributed by atoms with van der Waals surface area (Å²) < 4.78 is 15.4. The van der Waals surface area contributed by atoms with Crippen LogP contribution in [0, 0.1) is 5.82 Å². The molecule has 0 radical (unpaired) electrons. The predicted molar refractivity (Wildman–Crippen MR) is 70.0 cm³/mol. The highest BCUT2D eigenvalue weighted by molar-refractivity contribution is 6.31. The fourth-order valence-corrected chi connectivity index (χ4v) is 2.31. The van der Waals surface area contributed by atoms with Gasteiger partial charge in [-0.3, -0.25) is 9.38 Å². The van der Waals surface area contributed by atoms with Gasteiger partial charge in [0.15, 0.2) is 5.65 Å². The van der Waals surface area contributed by atoms with Crippen molar-refractivity contribution in [2.24, 2.45) is 0 Å². The standard InChI is InChI=1S/C12H7Cl2FN4/c13-8-2-1-3-9(15)7(8)4-11-17-18-12-6-16-5-10(14)19(11)12/h1-3,5-6H,4H2. The van der Waals surface area contributed by atoms with E-state index in [2.05, 4.69) is 15.2 Å². The van der Waals surface area contributed by atoms with Crippen molar-refractivity contribution in [2.75, 3.05) is 0 Å². The molecular formula is C12H7Cl2FN4. The number of aromatic nitrogens is 4. The Balaban J connectivity index is 2.12. The van der Waals surface area contributed by atoms with Gasteiger partial charge < -0.3 is 0 Å². The topological polar surface area (TPSA) is 43.1 Å². The maximum absolute atomic E-state index is 13.8. The minimum Gasteiger partial charge on any atom is -0.266 e. The Morgan fingerprint density at radius 2 is 2.00 bits per heavy atom. The molecule has 3 rings (SSSR count). The lowest BCUT2D eigenvalue weighted by molar-refractivity contribution is 0.612. The molecule has 4 nitrogen and oxygen atoms in total. The molecule has 2 aromatic heterocycles. The highest BCUT2D eigenvalue weighted by atomic mass is 35.5. The van der Waals surface area contributed by atoms with Crippen molar-refractivity contribution in [3.63, 3.8) is 0 Å². The summed E-state index contributed by atoms with van der Waals surface area (Å²) in [6.45, 7) is 0. The van der Waals surface area contributed by atoms with Gasteiger partial charge in [-0.15, -0.1) is 10.2 Å². The molecule has 1 aromatic carbocycles. The third-order valence-electron chi connectivity index (χ3n) is 2.74. The van der Waals surface area contributed by atoms with Crippen LogP contribution < -0.4 is 0 Å². The van der Waals surface area contributed by atoms with Crippen LogP contribution in [0.4, 0.5) is 4.39 Å². The lowest BCUT2D eigenvalue weighted by Gasteiger charge is -2.05. The van der Waals surface area contributed by atoms with Gasteiger partial charge in [0.2, 0.25) is 0 Å². The molecule has 0 aliphatic heterocycles. The summed E-state index contributed by atoms with van der Waals surface area (Å²) in [6.07, 6.45) is 3.21. The number of hydrogen-bond donors (Lipinski definition) is 0. The molecule has 0 atom stereocenters. The second-order valence-electron chi connectivity index (χ2n) is 3.92. The Labute approximate surface area is 117 Å². The van der Waals surface area contributed by atoms with Crippen molar-refractivity contribution in [2.45, 2.75) is 6.42 Å². The summed E-state index contributed by atoms with van der Waals surface area (Å²) >= 11 is 12.0. The van der Waals surface area contributed by atoms with E-state index in [9.17, 15) is 4.39 Å². The summed E-state index contributed by atoms with van der Waals surface area (Å²) in [7, 11) is 0. The number of benzene rings is 1. The van der Waals surface area contributed by atoms with Crippen LogP contribution in [0.1, 0.15) is 11.4 Å². The van der Waals surface area contributed by atoms with Crippen molar-refractivity contribution in [3.05, 3.63) is 58.0 Å². The van der Waals surface area contributed by atoms with Gasteiger partial charge in [0.05, 0.1) is 12.4 Å². The van der Waals surface area contributed by atoms with Gasteiger partial charge in [-0.2, -0.15) is 0 Å². The van der Waals surface area contributed by atoms with Gasteiger partial charge in [0, 0.05) is 17.0 Å². The number of fused-ring (bicyclic) bond motifs is 1. The van der Waals surface area contributed by atoms with E-state index in [0.29, 0.717) is 27.2 Å². The zero-order valence-electron chi connectivity index (χ0n) is 9.52. The van der Waals surface area contributed by atoms with E-state index in [1.165, 1.54) is 18.5 Å². The van der Waals surface area contributed by atoms with Gasteiger partial charge in [-0.25, -0.2) is 4.39 Å². The maximum Gasteiger partial charge on any atom is 0.180 e. The van der Waals surface area contributed by atoms with E-state index in [0.717, 1.165) is 0 Å². The van der Waals surface area contributed by atoms with Gasteiger partial charge in [0.25, 0.3) is 0 Å². The zero-order chi connectivity index (χ0) is 13.4. The number of rotatable bonds is 2. The first-order valence-electron chi connectivity index (χ1n) is 5.43. The van der Waals surface area contributed by atoms with E-state index < -0.39 is 0 Å². The van der Waals surface area contributed by atoms with Crippen molar-refractivity contribution in [3.8, 4) is 0 Å². The van der Waals surface area contributed by atoms with Crippen LogP contribution in [0.2, 0.25) is 10.2 Å². The number of nitrogens with zero attached hydrogens (tertiary/aromatic N) is 4. The summed E-state index contributed by atoms with van der Waals surface area (Å²) in [5.41, 5.74) is 0.876. The Hall–Kier alpha value is -1.72. The van der Waals surface area contributed by atoms with Crippen LogP contribution in [-0.4, -0.2) is 19.6 Å². The Kier molecular flexibility index (Phi) is 3.08. The second kappa shape index (κ2) is 4.75. The van der Waals surface area contributed by atoms with Crippen molar-refractivity contribution in [1.82, 2.24) is 19.6 Å². The summed E-state index contributed by atoms with van der Waals surface area (Å²) in [6, 6.07) is 4.54. The van der Waals surface area contributed by atoms with Crippen LogP contribution >= 0.6 is 23.2 Å². The molecule has 0 spiro atoms. The minimum absolute atomic E-state index is 0.205. The highest BCUT2D eigenvalue weighted by Crippen LogP contribution is 2.22. The largest absolute Gasteiger partial charge is 0.266 e. The van der Waals surface area contributed by atoms with E-state index in [-0.39, 0.29) is 12.2 Å². The zero-order valence-corrected chi connectivity index (χ0v) is 11.0. The first-order chi connectivity index (χ1) is 9.16. The fraction of sp³-hybridized carbons (Fsp3) is 0.0833. The quantitative estimate of drug-likeness (QED) is 0.729. The van der Waals surface area contributed by atoms with Crippen LogP contribution in [0.25, 0.3) is 5.65 Å². The SMILES string of the molecule is Fc1cccc(Cl)c1Cc1nnc2cncc(Cl)n12. The van der Waals surface area contributed by atoms with Crippen LogP contribution in [0.3, 0.4) is 0 Å². The molecule has 0 unspecified atom stereocenters. The van der Waals surface area contributed by atoms with E-state index in [1.807, 2.05) is 0 Å². The fourth-order valence-electron chi connectivity index (χ4n) is 1.84. The van der Waals surface area contributed by atoms with E-state index >= 15 is 0 Å². The minimum atomic E-state index is -0.380. The van der Waals surface area contributed by atoms with Crippen LogP contribution in [0.5, 0.6) is 0 Å². The average molecular weight is 297 g/mol. The molecule has 0 fully saturated rings. The smallest absolute Gasteiger partial charge is 0.180 e. The predicted octanol–water partition coefficient (Wildman–Crippen LogP) is 3.16. The van der Waals surface area contributed by atoms with Crippen molar-refractivity contribution >= 4 is 28.8 Å². The van der Waals surface area contributed by atoms with E-state index in [1.54, 1.807) is 16.5 Å². The lowest BCUT2D eigenvalue weighted by Crippen LogP contribution is -2.00.